The molecule has 1 fully saturated rings. The number of benzene rings is 1. The van der Waals surface area contributed by atoms with Crippen molar-refractivity contribution >= 4 is 37.8 Å². The van der Waals surface area contributed by atoms with Crippen molar-refractivity contribution in [1.29, 1.82) is 0 Å². The third-order valence-corrected chi connectivity index (χ3v) is 4.49. The van der Waals surface area contributed by atoms with Gasteiger partial charge in [-0.3, -0.25) is 4.79 Å². The Morgan fingerprint density at radius 2 is 1.74 bits per heavy atom. The normalized spacial score (nSPS) is 17.2. The van der Waals surface area contributed by atoms with E-state index in [-0.39, 0.29) is 5.91 Å². The molecule has 2 N–H and O–H groups in total. The summed E-state index contributed by atoms with van der Waals surface area (Å²) in [7, 11) is 0. The fourth-order valence-electron chi connectivity index (χ4n) is 2.19. The molecule has 3 nitrogen and oxygen atoms in total. The lowest BCUT2D eigenvalue weighted by Gasteiger charge is -2.30. The number of halogens is 2. The second-order valence-electron chi connectivity index (χ2n) is 4.58. The van der Waals surface area contributed by atoms with Gasteiger partial charge in [-0.2, -0.15) is 0 Å². The van der Waals surface area contributed by atoms with E-state index >= 15 is 0 Å². The van der Waals surface area contributed by atoms with Crippen LogP contribution in [0.1, 0.15) is 24.4 Å². The Bertz CT molecular complexity index is 473. The Morgan fingerprint density at radius 3 is 2.26 bits per heavy atom. The van der Waals surface area contributed by atoms with Crippen LogP contribution in [-0.2, 0) is 4.79 Å². The maximum absolute atomic E-state index is 12.3. The van der Waals surface area contributed by atoms with Crippen molar-refractivity contribution < 1.29 is 4.79 Å². The van der Waals surface area contributed by atoms with Crippen molar-refractivity contribution in [3.05, 3.63) is 44.9 Å². The number of carbonyl (C=O) groups excluding carboxylic acids is 1. The molecule has 0 bridgehead atoms. The van der Waals surface area contributed by atoms with Crippen LogP contribution in [0.2, 0.25) is 0 Å². The second-order valence-corrected chi connectivity index (χ2v) is 7.23. The molecule has 0 saturated carbocycles. The van der Waals surface area contributed by atoms with Gasteiger partial charge >= 0.3 is 0 Å². The quantitative estimate of drug-likeness (QED) is 0.846. The van der Waals surface area contributed by atoms with Gasteiger partial charge in [-0.1, -0.05) is 30.3 Å². The van der Waals surface area contributed by atoms with Crippen molar-refractivity contribution in [3.8, 4) is 0 Å². The lowest BCUT2D eigenvalue weighted by molar-refractivity contribution is -0.133. The fraction of sp³-hybridized carbons (Fsp3) is 0.357. The maximum Gasteiger partial charge on any atom is 0.244 e. The Labute approximate surface area is 130 Å². The summed E-state index contributed by atoms with van der Waals surface area (Å²) in [4.78, 5) is 14.2. The van der Waals surface area contributed by atoms with E-state index in [1.165, 1.54) is 5.57 Å². The molecule has 1 atom stereocenters. The monoisotopic (exact) mass is 386 g/mol. The number of piperidine rings is 1. The van der Waals surface area contributed by atoms with Crippen LogP contribution in [-0.4, -0.2) is 23.9 Å². The van der Waals surface area contributed by atoms with Crippen LogP contribution < -0.4 is 5.73 Å². The molecule has 5 heteroatoms. The van der Waals surface area contributed by atoms with Crippen LogP contribution in [0.25, 0.3) is 0 Å². The third kappa shape index (κ3) is 3.68. The molecule has 1 aromatic rings. The summed E-state index contributed by atoms with van der Waals surface area (Å²) in [6.07, 6.45) is 1.78. The highest BCUT2D eigenvalue weighted by atomic mass is 79.9. The van der Waals surface area contributed by atoms with Gasteiger partial charge in [0.25, 0.3) is 0 Å². The van der Waals surface area contributed by atoms with E-state index in [9.17, 15) is 4.79 Å². The molecule has 2 rings (SSSR count). The molecule has 1 aromatic carbocycles. The number of likely N-dealkylation sites (tertiary alicyclic amines) is 1. The zero-order valence-corrected chi connectivity index (χ0v) is 13.7. The molecular formula is C14H16Br2N2O. The van der Waals surface area contributed by atoms with Crippen molar-refractivity contribution in [2.75, 3.05) is 13.1 Å². The molecule has 1 heterocycles. The molecule has 1 unspecified atom stereocenters. The lowest BCUT2D eigenvalue weighted by Crippen LogP contribution is -2.42. The van der Waals surface area contributed by atoms with Crippen molar-refractivity contribution in [3.63, 3.8) is 0 Å². The average molecular weight is 388 g/mol. The van der Waals surface area contributed by atoms with Crippen LogP contribution in [0.3, 0.4) is 0 Å². The number of nitrogens with zero attached hydrogens (tertiary/aromatic N) is 1. The van der Waals surface area contributed by atoms with Gasteiger partial charge in [-0.05, 0) is 55.8 Å². The molecular weight excluding hydrogens is 372 g/mol. The molecule has 1 aliphatic rings. The van der Waals surface area contributed by atoms with Crippen LogP contribution in [0.4, 0.5) is 0 Å². The van der Waals surface area contributed by atoms with Gasteiger partial charge in [0.15, 0.2) is 0 Å². The molecule has 1 saturated heterocycles. The first-order valence-electron chi connectivity index (χ1n) is 6.22. The highest BCUT2D eigenvalue weighted by Gasteiger charge is 2.25. The van der Waals surface area contributed by atoms with Gasteiger partial charge in [0.2, 0.25) is 5.91 Å². The number of nitrogens with two attached hydrogens (primary N) is 1. The minimum absolute atomic E-state index is 0.0101. The van der Waals surface area contributed by atoms with E-state index < -0.39 is 6.04 Å². The van der Waals surface area contributed by atoms with Crippen molar-refractivity contribution in [2.45, 2.75) is 18.9 Å². The number of hydrogen-bond donors (Lipinski definition) is 1. The number of hydrogen-bond acceptors (Lipinski definition) is 2. The number of carbonyl (C=O) groups is 1. The maximum atomic E-state index is 12.3. The van der Waals surface area contributed by atoms with E-state index in [1.54, 1.807) is 0 Å². The minimum Gasteiger partial charge on any atom is -0.340 e. The predicted octanol–water partition coefficient (Wildman–Crippen LogP) is 3.31. The summed E-state index contributed by atoms with van der Waals surface area (Å²) in [6.45, 7) is 1.46. The molecule has 0 aliphatic carbocycles. The summed E-state index contributed by atoms with van der Waals surface area (Å²) in [5.74, 6) is 0.0101. The molecule has 1 amide bonds. The van der Waals surface area contributed by atoms with E-state index in [1.807, 2.05) is 35.2 Å². The largest absolute Gasteiger partial charge is 0.340 e. The molecule has 1 aliphatic heterocycles. The highest BCUT2D eigenvalue weighted by molar-refractivity contribution is 9.28. The molecule has 102 valence electrons. The topological polar surface area (TPSA) is 46.3 Å². The Kier molecular flexibility index (Phi) is 5.19. The second kappa shape index (κ2) is 6.68. The Balaban J connectivity index is 2.00. The molecule has 0 aromatic heterocycles. The fourth-order valence-corrected chi connectivity index (χ4v) is 2.98. The highest BCUT2D eigenvalue weighted by Crippen LogP contribution is 2.28. The van der Waals surface area contributed by atoms with E-state index in [0.29, 0.717) is 0 Å². The number of amides is 1. The van der Waals surface area contributed by atoms with E-state index in [4.69, 9.17) is 5.73 Å². The first-order chi connectivity index (χ1) is 9.09. The SMILES string of the molecule is NC(C(=O)N1CCC(=C(Br)Br)CC1)c1ccccc1. The zero-order chi connectivity index (χ0) is 13.8. The summed E-state index contributed by atoms with van der Waals surface area (Å²) < 4.78 is 1.01. The summed E-state index contributed by atoms with van der Waals surface area (Å²) >= 11 is 6.85. The van der Waals surface area contributed by atoms with Gasteiger partial charge in [-0.15, -0.1) is 0 Å². The van der Waals surface area contributed by atoms with Crippen LogP contribution in [0, 0.1) is 0 Å². The van der Waals surface area contributed by atoms with Gasteiger partial charge in [0.1, 0.15) is 6.04 Å². The minimum atomic E-state index is -0.556. The number of rotatable bonds is 2. The summed E-state index contributed by atoms with van der Waals surface area (Å²) in [5, 5.41) is 0. The smallest absolute Gasteiger partial charge is 0.244 e. The summed E-state index contributed by atoms with van der Waals surface area (Å²) in [6, 6.07) is 8.97. The molecule has 19 heavy (non-hydrogen) atoms. The Hall–Kier alpha value is -0.650. The van der Waals surface area contributed by atoms with Crippen molar-refractivity contribution in [2.24, 2.45) is 5.73 Å². The first-order valence-corrected chi connectivity index (χ1v) is 7.80. The predicted molar refractivity (Wildman–Crippen MR) is 84.1 cm³/mol. The van der Waals surface area contributed by atoms with Gasteiger partial charge < -0.3 is 10.6 Å². The summed E-state index contributed by atoms with van der Waals surface area (Å²) in [5.41, 5.74) is 8.23. The Morgan fingerprint density at radius 1 is 1.16 bits per heavy atom. The lowest BCUT2D eigenvalue weighted by atomic mass is 10.0. The van der Waals surface area contributed by atoms with Gasteiger partial charge in [-0.25, -0.2) is 0 Å². The standard InChI is InChI=1S/C14H16Br2N2O/c15-13(16)11-6-8-18(9-7-11)14(19)12(17)10-4-2-1-3-5-10/h1-5,12H,6-9,17H2. The van der Waals surface area contributed by atoms with E-state index in [2.05, 4.69) is 31.9 Å². The van der Waals surface area contributed by atoms with Crippen LogP contribution in [0.15, 0.2) is 39.3 Å². The van der Waals surface area contributed by atoms with Gasteiger partial charge in [0.05, 0.1) is 3.39 Å². The van der Waals surface area contributed by atoms with Crippen LogP contribution >= 0.6 is 31.9 Å². The molecule has 0 radical (unpaired) electrons. The zero-order valence-electron chi connectivity index (χ0n) is 10.5. The van der Waals surface area contributed by atoms with Gasteiger partial charge in [0, 0.05) is 13.1 Å². The first kappa shape index (κ1) is 14.8. The van der Waals surface area contributed by atoms with E-state index in [0.717, 1.165) is 34.9 Å². The average Bonchev–Trinajstić information content (AvgIpc) is 2.46. The third-order valence-electron chi connectivity index (χ3n) is 3.37. The van der Waals surface area contributed by atoms with Crippen molar-refractivity contribution in [1.82, 2.24) is 4.90 Å². The van der Waals surface area contributed by atoms with Crippen LogP contribution in [0.5, 0.6) is 0 Å². The molecule has 0 spiro atoms.